The van der Waals surface area contributed by atoms with Crippen LogP contribution in [-0.2, 0) is 13.0 Å². The SMILES string of the molecule is C=C.C=C(C)C(C)(CCC)CCC.C=C(C)CC1(SC)CN(Cc2cc(C(C)CC)c(-c3ccc(F)cc3)cc2CCC)C1. The van der Waals surface area contributed by atoms with Gasteiger partial charge in [-0.05, 0) is 103 Å². The quantitative estimate of drug-likeness (QED) is 0.182. The normalized spacial score (nSPS) is 14.8. The van der Waals surface area contributed by atoms with Crippen molar-refractivity contribution >= 4 is 11.8 Å². The summed E-state index contributed by atoms with van der Waals surface area (Å²) < 4.78 is 13.9. The number of benzene rings is 2. The van der Waals surface area contributed by atoms with Gasteiger partial charge >= 0.3 is 0 Å². The van der Waals surface area contributed by atoms with Gasteiger partial charge in [0.2, 0.25) is 0 Å². The summed E-state index contributed by atoms with van der Waals surface area (Å²) in [5, 5.41) is 0. The van der Waals surface area contributed by atoms with Gasteiger partial charge in [0, 0.05) is 24.4 Å². The average Bonchev–Trinajstić information content (AvgIpc) is 2.98. The van der Waals surface area contributed by atoms with Crippen molar-refractivity contribution in [2.24, 2.45) is 5.41 Å². The summed E-state index contributed by atoms with van der Waals surface area (Å²) in [5.74, 6) is 0.295. The van der Waals surface area contributed by atoms with Gasteiger partial charge in [0.25, 0.3) is 0 Å². The lowest BCUT2D eigenvalue weighted by molar-refractivity contribution is 0.118. The molecule has 2 aromatic carbocycles. The molecule has 246 valence electrons. The first-order valence-electron chi connectivity index (χ1n) is 16.9. The van der Waals surface area contributed by atoms with E-state index in [1.54, 1.807) is 12.1 Å². The van der Waals surface area contributed by atoms with E-state index in [1.807, 2.05) is 23.9 Å². The summed E-state index contributed by atoms with van der Waals surface area (Å²) in [4.78, 5) is 2.59. The number of aryl methyl sites for hydroxylation is 1. The molecule has 0 aromatic heterocycles. The minimum Gasteiger partial charge on any atom is -0.296 e. The highest BCUT2D eigenvalue weighted by atomic mass is 32.2. The van der Waals surface area contributed by atoms with Crippen LogP contribution in [0.5, 0.6) is 0 Å². The van der Waals surface area contributed by atoms with Crippen LogP contribution in [0.3, 0.4) is 0 Å². The number of rotatable bonds is 15. The van der Waals surface area contributed by atoms with E-state index in [4.69, 9.17) is 0 Å². The van der Waals surface area contributed by atoms with E-state index in [2.05, 4.69) is 105 Å². The van der Waals surface area contributed by atoms with Gasteiger partial charge in [0.05, 0.1) is 0 Å². The number of nitrogens with zero attached hydrogens (tertiary/aromatic N) is 1. The van der Waals surface area contributed by atoms with Gasteiger partial charge in [-0.1, -0.05) is 103 Å². The van der Waals surface area contributed by atoms with Crippen LogP contribution < -0.4 is 0 Å². The van der Waals surface area contributed by atoms with Crippen molar-refractivity contribution in [3.63, 3.8) is 0 Å². The highest BCUT2D eigenvalue weighted by Crippen LogP contribution is 2.41. The Morgan fingerprint density at radius 1 is 0.955 bits per heavy atom. The highest BCUT2D eigenvalue weighted by molar-refractivity contribution is 8.00. The Morgan fingerprint density at radius 2 is 1.52 bits per heavy atom. The van der Waals surface area contributed by atoms with Gasteiger partial charge in [-0.25, -0.2) is 4.39 Å². The lowest BCUT2D eigenvalue weighted by Gasteiger charge is -2.50. The zero-order valence-electron chi connectivity index (χ0n) is 29.9. The molecule has 1 nitrogen and oxygen atoms in total. The highest BCUT2D eigenvalue weighted by Gasteiger charge is 2.42. The summed E-state index contributed by atoms with van der Waals surface area (Å²) in [6, 6.07) is 11.8. The van der Waals surface area contributed by atoms with Crippen LogP contribution in [0, 0.1) is 11.2 Å². The van der Waals surface area contributed by atoms with E-state index in [1.165, 1.54) is 59.1 Å². The van der Waals surface area contributed by atoms with Crippen molar-refractivity contribution in [3.05, 3.63) is 96.4 Å². The summed E-state index contributed by atoms with van der Waals surface area (Å²) in [6.45, 7) is 35.4. The van der Waals surface area contributed by atoms with Gasteiger partial charge in [-0.2, -0.15) is 11.8 Å². The fourth-order valence-electron chi connectivity index (χ4n) is 6.50. The van der Waals surface area contributed by atoms with E-state index in [0.29, 0.717) is 16.1 Å². The molecule has 1 unspecified atom stereocenters. The summed E-state index contributed by atoms with van der Waals surface area (Å²) in [5.41, 5.74) is 9.72. The third-order valence-corrected chi connectivity index (χ3v) is 10.6. The second-order valence-corrected chi connectivity index (χ2v) is 14.6. The van der Waals surface area contributed by atoms with Crippen LogP contribution in [0.1, 0.15) is 123 Å². The maximum absolute atomic E-state index is 13.5. The first-order valence-corrected chi connectivity index (χ1v) is 18.1. The zero-order chi connectivity index (χ0) is 33.5. The summed E-state index contributed by atoms with van der Waals surface area (Å²) >= 11 is 2.00. The molecule has 0 bridgehead atoms. The fourth-order valence-corrected chi connectivity index (χ4v) is 7.52. The third kappa shape index (κ3) is 11.4. The van der Waals surface area contributed by atoms with E-state index in [-0.39, 0.29) is 5.82 Å². The molecule has 1 heterocycles. The van der Waals surface area contributed by atoms with Crippen LogP contribution in [0.2, 0.25) is 0 Å². The van der Waals surface area contributed by atoms with Gasteiger partial charge in [0.15, 0.2) is 0 Å². The predicted molar refractivity (Wildman–Crippen MR) is 199 cm³/mol. The summed E-state index contributed by atoms with van der Waals surface area (Å²) in [7, 11) is 0. The molecule has 0 saturated carbocycles. The van der Waals surface area contributed by atoms with Crippen molar-refractivity contribution in [2.75, 3.05) is 19.3 Å². The van der Waals surface area contributed by atoms with Crippen molar-refractivity contribution in [2.45, 2.75) is 124 Å². The molecule has 44 heavy (non-hydrogen) atoms. The number of hydrogen-bond donors (Lipinski definition) is 0. The van der Waals surface area contributed by atoms with Crippen molar-refractivity contribution < 1.29 is 4.39 Å². The van der Waals surface area contributed by atoms with Crippen LogP contribution in [-0.4, -0.2) is 29.0 Å². The lowest BCUT2D eigenvalue weighted by atomic mass is 9.76. The first kappa shape index (κ1) is 39.9. The molecule has 1 atom stereocenters. The maximum atomic E-state index is 13.5. The molecule has 1 aliphatic heterocycles. The Hall–Kier alpha value is -2.10. The molecule has 2 aromatic rings. The van der Waals surface area contributed by atoms with E-state index in [9.17, 15) is 4.39 Å². The molecule has 0 amide bonds. The Balaban J connectivity index is 0.000000630. The standard InChI is InChI=1S/C28H38FNS.C11H22.C2H4/c1-7-9-23-14-27(22-10-12-25(29)13-11-22)26(21(5)8-2)15-24(23)17-30-18-28(19-30,31-6)16-20(3)4;1-6-8-11(5,9-7-2)10(3)4;1-2/h10-15,21H,3,7-9,16-19H2,1-2,4-6H3;3,6-9H2,1-2,4-5H3;1-2H2. The largest absolute Gasteiger partial charge is 0.296 e. The monoisotopic (exact) mass is 621 g/mol. The molecule has 0 radical (unpaired) electrons. The molecule has 0 spiro atoms. The molecular formula is C41H64FNS. The zero-order valence-corrected chi connectivity index (χ0v) is 30.7. The molecule has 1 aliphatic rings. The second kappa shape index (κ2) is 19.4. The minimum absolute atomic E-state index is 0.177. The van der Waals surface area contributed by atoms with E-state index >= 15 is 0 Å². The average molecular weight is 622 g/mol. The molecule has 0 aliphatic carbocycles. The minimum atomic E-state index is -0.177. The molecule has 1 saturated heterocycles. The lowest BCUT2D eigenvalue weighted by Crippen LogP contribution is -2.59. The molecule has 3 rings (SSSR count). The van der Waals surface area contributed by atoms with Crippen molar-refractivity contribution in [3.8, 4) is 11.1 Å². The summed E-state index contributed by atoms with van der Waals surface area (Å²) in [6.07, 6.45) is 11.8. The topological polar surface area (TPSA) is 3.24 Å². The molecule has 1 fully saturated rings. The number of allylic oxidation sites excluding steroid dienone is 2. The number of hydrogen-bond acceptors (Lipinski definition) is 2. The Morgan fingerprint density at radius 3 is 1.95 bits per heavy atom. The van der Waals surface area contributed by atoms with Gasteiger partial charge in [-0.15, -0.1) is 19.7 Å². The maximum Gasteiger partial charge on any atom is 0.123 e. The Labute approximate surface area is 276 Å². The number of likely N-dealkylation sites (tertiary alicyclic amines) is 1. The smallest absolute Gasteiger partial charge is 0.123 e. The predicted octanol–water partition coefficient (Wildman–Crippen LogP) is 12.8. The van der Waals surface area contributed by atoms with Gasteiger partial charge < -0.3 is 0 Å². The fraction of sp³-hybridized carbons (Fsp3) is 0.561. The van der Waals surface area contributed by atoms with Gasteiger partial charge in [-0.3, -0.25) is 4.90 Å². The Bertz CT molecular complexity index is 1150. The van der Waals surface area contributed by atoms with Crippen molar-refractivity contribution in [1.82, 2.24) is 4.90 Å². The van der Waals surface area contributed by atoms with E-state index in [0.717, 1.165) is 50.9 Å². The number of thioether (sulfide) groups is 1. The van der Waals surface area contributed by atoms with Crippen molar-refractivity contribution in [1.29, 1.82) is 0 Å². The molecule has 0 N–H and O–H groups in total. The van der Waals surface area contributed by atoms with Crippen LogP contribution in [0.4, 0.5) is 4.39 Å². The number of halogens is 1. The molecule has 3 heteroatoms. The third-order valence-electron chi connectivity index (χ3n) is 9.30. The Kier molecular flexibility index (Phi) is 17.6. The van der Waals surface area contributed by atoms with E-state index < -0.39 is 0 Å². The van der Waals surface area contributed by atoms with Crippen LogP contribution in [0.15, 0.2) is 73.9 Å². The second-order valence-electron chi connectivity index (χ2n) is 13.3. The first-order chi connectivity index (χ1) is 20.9. The van der Waals surface area contributed by atoms with Gasteiger partial charge in [0.1, 0.15) is 5.82 Å². The van der Waals surface area contributed by atoms with Crippen LogP contribution in [0.25, 0.3) is 11.1 Å². The molecular weight excluding hydrogens is 558 g/mol. The van der Waals surface area contributed by atoms with Crippen LogP contribution >= 0.6 is 11.8 Å².